The molecule has 0 spiro atoms. The summed E-state index contributed by atoms with van der Waals surface area (Å²) < 4.78 is 1.87. The first-order chi connectivity index (χ1) is 8.93. The highest BCUT2D eigenvalue weighted by Gasteiger charge is 2.36. The SMILES string of the molecule is CCn1nc(C)cc1CN1C(=O)C(C)NC(=O)C1C. The van der Waals surface area contributed by atoms with Gasteiger partial charge in [0.1, 0.15) is 12.1 Å². The van der Waals surface area contributed by atoms with Gasteiger partial charge in [-0.25, -0.2) is 0 Å². The van der Waals surface area contributed by atoms with Crippen LogP contribution in [-0.2, 0) is 22.7 Å². The van der Waals surface area contributed by atoms with E-state index in [9.17, 15) is 9.59 Å². The molecule has 1 aliphatic rings. The number of aromatic nitrogens is 2. The van der Waals surface area contributed by atoms with Crippen LogP contribution in [0.2, 0.25) is 0 Å². The molecule has 6 heteroatoms. The molecule has 0 aromatic carbocycles. The highest BCUT2D eigenvalue weighted by atomic mass is 16.2. The molecule has 0 radical (unpaired) electrons. The van der Waals surface area contributed by atoms with Crippen molar-refractivity contribution in [3.05, 3.63) is 17.5 Å². The lowest BCUT2D eigenvalue weighted by Crippen LogP contribution is -2.61. The van der Waals surface area contributed by atoms with Crippen molar-refractivity contribution in [1.82, 2.24) is 20.0 Å². The van der Waals surface area contributed by atoms with Gasteiger partial charge in [-0.1, -0.05) is 0 Å². The molecular weight excluding hydrogens is 244 g/mol. The van der Waals surface area contributed by atoms with E-state index in [0.717, 1.165) is 17.9 Å². The zero-order valence-electron chi connectivity index (χ0n) is 11.8. The number of hydrogen-bond donors (Lipinski definition) is 1. The van der Waals surface area contributed by atoms with Crippen molar-refractivity contribution in [2.24, 2.45) is 0 Å². The van der Waals surface area contributed by atoms with Gasteiger partial charge in [0.2, 0.25) is 11.8 Å². The number of aryl methyl sites for hydroxylation is 2. The standard InChI is InChI=1S/C13H20N4O2/c1-5-17-11(6-8(2)15-17)7-16-10(4)12(18)14-9(3)13(16)19/h6,9-10H,5,7H2,1-4H3,(H,14,18). The van der Waals surface area contributed by atoms with Crippen LogP contribution in [-0.4, -0.2) is 38.6 Å². The van der Waals surface area contributed by atoms with Crippen LogP contribution in [0.15, 0.2) is 6.07 Å². The molecule has 2 atom stereocenters. The summed E-state index contributed by atoms with van der Waals surface area (Å²) in [7, 11) is 0. The maximum Gasteiger partial charge on any atom is 0.245 e. The summed E-state index contributed by atoms with van der Waals surface area (Å²) in [4.78, 5) is 25.6. The Morgan fingerprint density at radius 3 is 2.68 bits per heavy atom. The number of nitrogens with one attached hydrogen (secondary N) is 1. The molecule has 2 unspecified atom stereocenters. The van der Waals surface area contributed by atoms with Crippen LogP contribution in [0, 0.1) is 6.92 Å². The Morgan fingerprint density at radius 1 is 1.37 bits per heavy atom. The lowest BCUT2D eigenvalue weighted by atomic mass is 10.1. The van der Waals surface area contributed by atoms with Crippen molar-refractivity contribution < 1.29 is 9.59 Å². The third-order valence-corrected chi connectivity index (χ3v) is 3.48. The Kier molecular flexibility index (Phi) is 3.59. The minimum atomic E-state index is -0.456. The Hall–Kier alpha value is -1.85. The van der Waals surface area contributed by atoms with Crippen molar-refractivity contribution in [2.75, 3.05) is 0 Å². The van der Waals surface area contributed by atoms with Crippen molar-refractivity contribution in [1.29, 1.82) is 0 Å². The van der Waals surface area contributed by atoms with Gasteiger partial charge in [0, 0.05) is 6.54 Å². The van der Waals surface area contributed by atoms with E-state index in [-0.39, 0.29) is 11.8 Å². The van der Waals surface area contributed by atoms with Crippen molar-refractivity contribution in [2.45, 2.75) is 52.9 Å². The maximum absolute atomic E-state index is 12.2. The van der Waals surface area contributed by atoms with Gasteiger partial charge >= 0.3 is 0 Å². The minimum Gasteiger partial charge on any atom is -0.343 e. The molecule has 1 aliphatic heterocycles. The average molecular weight is 264 g/mol. The number of hydrogen-bond acceptors (Lipinski definition) is 3. The van der Waals surface area contributed by atoms with E-state index in [4.69, 9.17) is 0 Å². The van der Waals surface area contributed by atoms with Crippen LogP contribution in [0.1, 0.15) is 32.2 Å². The summed E-state index contributed by atoms with van der Waals surface area (Å²) >= 11 is 0. The van der Waals surface area contributed by atoms with Gasteiger partial charge in [0.25, 0.3) is 0 Å². The van der Waals surface area contributed by atoms with E-state index in [1.165, 1.54) is 0 Å². The fourth-order valence-corrected chi connectivity index (χ4v) is 2.37. The first-order valence-corrected chi connectivity index (χ1v) is 6.58. The lowest BCUT2D eigenvalue weighted by molar-refractivity contribution is -0.148. The lowest BCUT2D eigenvalue weighted by Gasteiger charge is -2.36. The zero-order valence-corrected chi connectivity index (χ0v) is 11.8. The third-order valence-electron chi connectivity index (χ3n) is 3.48. The predicted molar refractivity (Wildman–Crippen MR) is 70.3 cm³/mol. The highest BCUT2D eigenvalue weighted by molar-refractivity contribution is 5.96. The molecule has 1 fully saturated rings. The van der Waals surface area contributed by atoms with Gasteiger partial charge in [-0.05, 0) is 33.8 Å². The van der Waals surface area contributed by atoms with Crippen LogP contribution in [0.3, 0.4) is 0 Å². The number of nitrogens with zero attached hydrogens (tertiary/aromatic N) is 3. The van der Waals surface area contributed by atoms with E-state index in [1.807, 2.05) is 24.6 Å². The molecule has 0 saturated carbocycles. The van der Waals surface area contributed by atoms with E-state index in [1.54, 1.807) is 18.7 Å². The topological polar surface area (TPSA) is 67.2 Å². The second kappa shape index (κ2) is 5.03. The quantitative estimate of drug-likeness (QED) is 0.861. The molecule has 1 saturated heterocycles. The van der Waals surface area contributed by atoms with E-state index < -0.39 is 12.1 Å². The van der Waals surface area contributed by atoms with Crippen LogP contribution >= 0.6 is 0 Å². The van der Waals surface area contributed by atoms with Crippen molar-refractivity contribution in [3.8, 4) is 0 Å². The summed E-state index contributed by atoms with van der Waals surface area (Å²) in [5, 5.41) is 7.04. The highest BCUT2D eigenvalue weighted by Crippen LogP contribution is 2.15. The minimum absolute atomic E-state index is 0.0476. The van der Waals surface area contributed by atoms with Gasteiger partial charge < -0.3 is 10.2 Å². The Morgan fingerprint density at radius 2 is 2.05 bits per heavy atom. The first-order valence-electron chi connectivity index (χ1n) is 6.58. The Balaban J connectivity index is 2.24. The smallest absolute Gasteiger partial charge is 0.245 e. The molecule has 2 heterocycles. The van der Waals surface area contributed by atoms with Crippen LogP contribution in [0.4, 0.5) is 0 Å². The zero-order chi connectivity index (χ0) is 14.2. The van der Waals surface area contributed by atoms with Gasteiger partial charge in [-0.3, -0.25) is 14.3 Å². The third kappa shape index (κ3) is 2.47. The molecule has 0 bridgehead atoms. The van der Waals surface area contributed by atoms with Crippen LogP contribution in [0.25, 0.3) is 0 Å². The number of carbonyl (C=O) groups is 2. The monoisotopic (exact) mass is 264 g/mol. The normalized spacial score (nSPS) is 23.7. The fraction of sp³-hybridized carbons (Fsp3) is 0.615. The van der Waals surface area contributed by atoms with Gasteiger partial charge in [0.05, 0.1) is 17.9 Å². The molecule has 1 aromatic rings. The summed E-state index contributed by atoms with van der Waals surface area (Å²) in [5.74, 6) is -0.153. The number of rotatable bonds is 3. The summed E-state index contributed by atoms with van der Waals surface area (Å²) in [6, 6.07) is 1.06. The van der Waals surface area contributed by atoms with Crippen LogP contribution < -0.4 is 5.32 Å². The van der Waals surface area contributed by atoms with E-state index in [2.05, 4.69) is 10.4 Å². The van der Waals surface area contributed by atoms with Crippen molar-refractivity contribution in [3.63, 3.8) is 0 Å². The molecule has 0 aliphatic carbocycles. The molecule has 19 heavy (non-hydrogen) atoms. The van der Waals surface area contributed by atoms with Gasteiger partial charge in [-0.2, -0.15) is 5.10 Å². The Labute approximate surface area is 112 Å². The van der Waals surface area contributed by atoms with Crippen LogP contribution in [0.5, 0.6) is 0 Å². The Bertz CT molecular complexity index is 509. The van der Waals surface area contributed by atoms with E-state index in [0.29, 0.717) is 6.54 Å². The number of piperazine rings is 1. The number of amides is 2. The largest absolute Gasteiger partial charge is 0.343 e. The fourth-order valence-electron chi connectivity index (χ4n) is 2.37. The molecule has 2 amide bonds. The molecular formula is C13H20N4O2. The van der Waals surface area contributed by atoms with Crippen molar-refractivity contribution >= 4 is 11.8 Å². The molecule has 6 nitrogen and oxygen atoms in total. The van der Waals surface area contributed by atoms with E-state index >= 15 is 0 Å². The summed E-state index contributed by atoms with van der Waals surface area (Å²) in [6.45, 7) is 8.56. The average Bonchev–Trinajstić information content (AvgIpc) is 2.72. The molecule has 1 aromatic heterocycles. The van der Waals surface area contributed by atoms with Gasteiger partial charge in [0.15, 0.2) is 0 Å². The molecule has 2 rings (SSSR count). The van der Waals surface area contributed by atoms with Gasteiger partial charge in [-0.15, -0.1) is 0 Å². The molecule has 1 N–H and O–H groups in total. The molecule has 104 valence electrons. The summed E-state index contributed by atoms with van der Waals surface area (Å²) in [5.41, 5.74) is 1.88. The second-order valence-corrected chi connectivity index (χ2v) is 4.97. The second-order valence-electron chi connectivity index (χ2n) is 4.97. The summed E-state index contributed by atoms with van der Waals surface area (Å²) in [6.07, 6.45) is 0. The first kappa shape index (κ1) is 13.6. The predicted octanol–water partition coefficient (Wildman–Crippen LogP) is 0.447. The number of carbonyl (C=O) groups excluding carboxylic acids is 2. The maximum atomic E-state index is 12.2.